The number of para-hydroxylation sites is 2. The molecule has 0 unspecified atom stereocenters. The molecule has 7 heteroatoms. The maximum Gasteiger partial charge on any atom is 0.268 e. The van der Waals surface area contributed by atoms with Gasteiger partial charge in [-0.3, -0.25) is 4.57 Å². The van der Waals surface area contributed by atoms with Crippen LogP contribution in [0.15, 0.2) is 273 Å². The first kappa shape index (κ1) is 34.2. The molecule has 0 radical (unpaired) electrons. The van der Waals surface area contributed by atoms with Crippen LogP contribution in [0, 0.1) is 25.3 Å². The summed E-state index contributed by atoms with van der Waals surface area (Å²) in [5.74, 6) is 0.286. The van der Waals surface area contributed by atoms with Crippen LogP contribution in [-0.4, -0.2) is 22.2 Å². The fraction of sp³-hybridized carbons (Fsp3) is 0.111. The topological polar surface area (TPSA) is 35.9 Å². The van der Waals surface area contributed by atoms with E-state index in [1.54, 1.807) is 57.7 Å². The van der Waals surface area contributed by atoms with Gasteiger partial charge >= 0.3 is 0 Å². The molecule has 0 aliphatic heterocycles. The average Bonchev–Trinajstić information content (AvgIpc) is 1.22. The smallest absolute Gasteiger partial charge is 0.268 e. The zero-order valence-corrected chi connectivity index (χ0v) is 51.4. The van der Waals surface area contributed by atoms with Gasteiger partial charge in [0, 0.05) is 54.0 Å². The van der Waals surface area contributed by atoms with Crippen LogP contribution in [-0.2, 0) is 31.9 Å². The van der Waals surface area contributed by atoms with E-state index in [1.807, 2.05) is 53.1 Å². The van der Waals surface area contributed by atoms with E-state index in [1.165, 1.54) is 24.4 Å². The largest absolute Gasteiger partial charge is 0.510 e. The summed E-state index contributed by atoms with van der Waals surface area (Å²) in [6.45, 7) is 9.56. The maximum absolute atomic E-state index is 10.7. The Kier molecular flexibility index (Phi) is 9.06. The van der Waals surface area contributed by atoms with E-state index in [9.17, 15) is 13.7 Å². The average molecular weight is 1360 g/mol. The molecular weight excluding hydrogens is 1270 g/mol. The molecule has 5 nitrogen and oxygen atoms in total. The zero-order valence-electron chi connectivity index (χ0n) is 75.1. The molecule has 0 bridgehead atoms. The minimum Gasteiger partial charge on any atom is -0.510 e. The molecular formula is C81H66N4OPtSi-2. The van der Waals surface area contributed by atoms with E-state index in [0.717, 1.165) is 22.3 Å². The number of aromatic nitrogens is 4. The van der Waals surface area contributed by atoms with Gasteiger partial charge in [-0.25, -0.2) is 4.98 Å². The van der Waals surface area contributed by atoms with Crippen molar-refractivity contribution in [3.8, 4) is 62.1 Å². The molecule has 0 fully saturated rings. The summed E-state index contributed by atoms with van der Waals surface area (Å²) in [5.41, 5.74) is 3.57. The second-order valence-electron chi connectivity index (χ2n) is 22.8. The Labute approximate surface area is 570 Å². The third-order valence-electron chi connectivity index (χ3n) is 15.3. The first-order valence-corrected chi connectivity index (χ1v) is 29.8. The zero-order chi connectivity index (χ0) is 82.8. The van der Waals surface area contributed by atoms with E-state index in [-0.39, 0.29) is 77.3 Å². The van der Waals surface area contributed by atoms with Crippen LogP contribution in [0.4, 0.5) is 0 Å². The SMILES string of the molecule is [2H]c1c([2H])c([2H])c(-c2cnc(-n3c4[c-]c(Oc5[c-]c(-n6[c-][n+](-c7c(-c8cccc(C(C)(C)C)c8)cccc7C(C)(C)C)c7ccc(-c8c([2H])c([2H])c([2H])c([Si](c9c([2H])c([2H])c([2H])c([2H])c9[2H])(c9c([2H])c([2H])c([2H])c([2H])c9[2H])c9c([2H])c([2H])c([2H])c([2H])c9[2H])c8[2H])cc76)ccc5)ccc4c4ccccc43)cc2C([2H])([2H])[2H])c([2H])c1[2H].[Pt]. The number of rotatable bonds is 12. The van der Waals surface area contributed by atoms with Crippen molar-refractivity contribution in [1.29, 1.82) is 0 Å². The fourth-order valence-electron chi connectivity index (χ4n) is 11.2. The molecule has 14 rings (SSSR count). The summed E-state index contributed by atoms with van der Waals surface area (Å²) in [4.78, 5) is 4.71. The van der Waals surface area contributed by atoms with E-state index < -0.39 is 192 Å². The van der Waals surface area contributed by atoms with Crippen molar-refractivity contribution in [3.05, 3.63) is 308 Å². The van der Waals surface area contributed by atoms with E-state index in [2.05, 4.69) is 66.1 Å². The van der Waals surface area contributed by atoms with Crippen molar-refractivity contribution < 1.29 is 67.4 Å². The molecule has 0 aliphatic rings. The predicted octanol–water partition coefficient (Wildman–Crippen LogP) is 16.9. The predicted molar refractivity (Wildman–Crippen MR) is 362 cm³/mol. The number of nitrogens with zero attached hydrogens (tertiary/aromatic N) is 4. The quantitative estimate of drug-likeness (QED) is 0.0529. The van der Waals surface area contributed by atoms with Crippen LogP contribution in [0.2, 0.25) is 0 Å². The third kappa shape index (κ3) is 10.4. The summed E-state index contributed by atoms with van der Waals surface area (Å²) in [7, 11) is -6.25. The van der Waals surface area contributed by atoms with Gasteiger partial charge in [-0.1, -0.05) is 265 Å². The van der Waals surface area contributed by atoms with Crippen LogP contribution in [0.25, 0.3) is 83.4 Å². The molecule has 88 heavy (non-hydrogen) atoms. The number of pyridine rings is 1. The van der Waals surface area contributed by atoms with Gasteiger partial charge in [0.25, 0.3) is 6.33 Å². The first-order chi connectivity index (χ1) is 53.5. The number of aryl methyl sites for hydroxylation is 1. The molecule has 432 valence electrons. The Morgan fingerprint density at radius 2 is 1.17 bits per heavy atom. The number of benzene rings is 11. The van der Waals surface area contributed by atoms with Gasteiger partial charge in [0.05, 0.1) is 49.6 Å². The minimum absolute atomic E-state index is 0. The Balaban J connectivity index is 0.0000115. The Morgan fingerprint density at radius 1 is 0.523 bits per heavy atom. The molecule has 14 aromatic rings. The molecule has 0 aliphatic carbocycles. The van der Waals surface area contributed by atoms with Crippen LogP contribution in [0.3, 0.4) is 0 Å². The number of hydrogen-bond donors (Lipinski definition) is 0. The summed E-state index contributed by atoms with van der Waals surface area (Å²) < 4.78 is 260. The molecule has 0 atom stereocenters. The number of hydrogen-bond acceptors (Lipinski definition) is 2. The third-order valence-corrected chi connectivity index (χ3v) is 19.3. The number of imidazole rings is 1. The van der Waals surface area contributed by atoms with E-state index in [4.69, 9.17) is 33.0 Å². The van der Waals surface area contributed by atoms with Gasteiger partial charge in [-0.15, -0.1) is 29.7 Å². The summed E-state index contributed by atoms with van der Waals surface area (Å²) in [6, 6.07) is 18.9. The van der Waals surface area contributed by atoms with Crippen molar-refractivity contribution in [2.24, 2.45) is 0 Å². The maximum atomic E-state index is 10.7. The van der Waals surface area contributed by atoms with Crippen LogP contribution in [0.5, 0.6) is 11.5 Å². The van der Waals surface area contributed by atoms with Crippen LogP contribution < -0.4 is 30.1 Å². The number of fused-ring (bicyclic) bond motifs is 4. The monoisotopic (exact) mass is 1360 g/mol. The summed E-state index contributed by atoms with van der Waals surface area (Å²) in [5, 5.41) is -2.55. The van der Waals surface area contributed by atoms with Gasteiger partial charge in [0.1, 0.15) is 5.82 Å². The van der Waals surface area contributed by atoms with E-state index in [0.29, 0.717) is 33.0 Å². The Bertz CT molecular complexity index is 6220. The van der Waals surface area contributed by atoms with Crippen LogP contribution in [0.1, 0.15) is 95.2 Å². The molecule has 0 saturated carbocycles. The normalized spacial score (nSPS) is 16.4. The van der Waals surface area contributed by atoms with Crippen molar-refractivity contribution in [1.82, 2.24) is 14.1 Å². The fourth-order valence-corrected chi connectivity index (χ4v) is 14.8. The minimum atomic E-state index is -6.25. The molecule has 3 heterocycles. The molecule has 0 spiro atoms. The number of ether oxygens (including phenoxy) is 1. The summed E-state index contributed by atoms with van der Waals surface area (Å²) in [6.07, 6.45) is 4.78. The molecule has 11 aromatic carbocycles. The molecule has 0 N–H and O–H groups in total. The standard InChI is InChI=1S/C81H66N4OSi.Pt/c1-56-48-78(82-54-72(56)57-26-12-8-13-27-57)85-74-43-21-20-40-70(74)71-46-45-64(53-76(71)85)86-63-32-24-31-62(52-63)83-55-84(79-69(41-25-42-73(79)81(5,6)7)60-29-22-30-61(49-60)80(2,3)4)75-47-44-59(51-77(75)83)58-28-23-39-68(50-58)87(65-33-14-9-15-34-65,66-35-16-10-17-36-66)67-37-18-11-19-38-67;/h8-51,54H,1-7H3;/q-2;/i1D3,8D,9D,10D,11D,12D,13D,14D,15D,16D,17D,18D,19D,23D,26D,27D,28D,33D,34D,35D,36D,37D,38D,39D,50D;. The first-order valence-electron chi connectivity index (χ1n) is 41.3. The van der Waals surface area contributed by atoms with Gasteiger partial charge < -0.3 is 13.9 Å². The van der Waals surface area contributed by atoms with Gasteiger partial charge in [-0.05, 0) is 112 Å². The van der Waals surface area contributed by atoms with Gasteiger partial charge in [0.2, 0.25) is 0 Å². The van der Waals surface area contributed by atoms with Crippen molar-refractivity contribution in [2.75, 3.05) is 0 Å². The van der Waals surface area contributed by atoms with Crippen LogP contribution >= 0.6 is 0 Å². The van der Waals surface area contributed by atoms with Crippen molar-refractivity contribution >= 4 is 61.7 Å². The molecule has 0 saturated heterocycles. The molecule has 0 amide bonds. The second-order valence-corrected chi connectivity index (χ2v) is 26.3. The van der Waals surface area contributed by atoms with Crippen molar-refractivity contribution in [2.45, 2.75) is 59.2 Å². The van der Waals surface area contributed by atoms with Gasteiger partial charge in [0.15, 0.2) is 8.07 Å². The Hall–Kier alpha value is -9.45. The molecule has 3 aromatic heterocycles. The Morgan fingerprint density at radius 3 is 1.86 bits per heavy atom. The van der Waals surface area contributed by atoms with Crippen molar-refractivity contribution in [3.63, 3.8) is 0 Å². The summed E-state index contributed by atoms with van der Waals surface area (Å²) >= 11 is 0. The van der Waals surface area contributed by atoms with E-state index >= 15 is 0 Å². The second kappa shape index (κ2) is 23.3. The van der Waals surface area contributed by atoms with Gasteiger partial charge in [-0.2, -0.15) is 18.2 Å².